The standard InChI is InChI=1S/C19H22F2N6O/c20-18(21)13-26-14-22-17-12-15(2-3-16(17)19(26)28)25-9-6-24(7-10-25)8-11-27-5-1-4-23-27/h1-5,12,14,18H,6-11,13H2. The molecule has 1 aliphatic heterocycles. The van der Waals surface area contributed by atoms with Crippen molar-refractivity contribution in [2.45, 2.75) is 19.5 Å². The smallest absolute Gasteiger partial charge is 0.261 e. The molecule has 28 heavy (non-hydrogen) atoms. The maximum Gasteiger partial charge on any atom is 0.261 e. The Bertz CT molecular complexity index is 980. The summed E-state index contributed by atoms with van der Waals surface area (Å²) in [6, 6.07) is 7.35. The van der Waals surface area contributed by atoms with Crippen LogP contribution in [0.25, 0.3) is 10.9 Å². The van der Waals surface area contributed by atoms with Crippen molar-refractivity contribution >= 4 is 16.6 Å². The number of halogens is 2. The zero-order valence-electron chi connectivity index (χ0n) is 15.4. The SMILES string of the molecule is O=c1c2ccc(N3CCN(CCn4cccn4)CC3)cc2ncn1CC(F)F. The van der Waals surface area contributed by atoms with Crippen molar-refractivity contribution in [2.24, 2.45) is 0 Å². The van der Waals surface area contributed by atoms with Crippen LogP contribution < -0.4 is 10.5 Å². The Balaban J connectivity index is 1.41. The number of aromatic nitrogens is 4. The lowest BCUT2D eigenvalue weighted by Gasteiger charge is -2.36. The van der Waals surface area contributed by atoms with E-state index in [9.17, 15) is 13.6 Å². The molecule has 0 saturated carbocycles. The van der Waals surface area contributed by atoms with E-state index in [0.717, 1.165) is 49.5 Å². The number of nitrogens with zero attached hydrogens (tertiary/aromatic N) is 6. The minimum absolute atomic E-state index is 0.366. The first-order valence-electron chi connectivity index (χ1n) is 9.32. The van der Waals surface area contributed by atoms with E-state index in [-0.39, 0.29) is 0 Å². The first kappa shape index (κ1) is 18.5. The fraction of sp³-hybridized carbons (Fsp3) is 0.421. The largest absolute Gasteiger partial charge is 0.369 e. The van der Waals surface area contributed by atoms with E-state index in [0.29, 0.717) is 10.9 Å². The topological polar surface area (TPSA) is 59.2 Å². The Kier molecular flexibility index (Phi) is 5.34. The summed E-state index contributed by atoms with van der Waals surface area (Å²) in [5.41, 5.74) is 1.10. The van der Waals surface area contributed by atoms with Crippen LogP contribution in [0.3, 0.4) is 0 Å². The highest BCUT2D eigenvalue weighted by atomic mass is 19.3. The van der Waals surface area contributed by atoms with Gasteiger partial charge in [-0.05, 0) is 24.3 Å². The maximum atomic E-state index is 12.6. The Morgan fingerprint density at radius 1 is 1.11 bits per heavy atom. The van der Waals surface area contributed by atoms with Crippen LogP contribution in [0.15, 0.2) is 47.8 Å². The van der Waals surface area contributed by atoms with Crippen molar-refractivity contribution < 1.29 is 8.78 Å². The number of anilines is 1. The fourth-order valence-electron chi connectivity index (χ4n) is 3.53. The molecule has 0 spiro atoms. The zero-order valence-corrected chi connectivity index (χ0v) is 15.4. The molecule has 1 saturated heterocycles. The number of hydrogen-bond acceptors (Lipinski definition) is 5. The number of piperazine rings is 1. The summed E-state index contributed by atoms with van der Waals surface area (Å²) in [5.74, 6) is 0. The second-order valence-electron chi connectivity index (χ2n) is 6.89. The van der Waals surface area contributed by atoms with Gasteiger partial charge in [0.2, 0.25) is 0 Å². The van der Waals surface area contributed by atoms with Crippen molar-refractivity contribution in [3.8, 4) is 0 Å². The monoisotopic (exact) mass is 388 g/mol. The molecule has 0 bridgehead atoms. The van der Waals surface area contributed by atoms with Gasteiger partial charge in [0, 0.05) is 50.8 Å². The first-order chi connectivity index (χ1) is 13.6. The molecule has 0 N–H and O–H groups in total. The number of hydrogen-bond donors (Lipinski definition) is 0. The average Bonchev–Trinajstić information content (AvgIpc) is 3.22. The normalized spacial score (nSPS) is 15.6. The molecule has 1 aromatic carbocycles. The number of fused-ring (bicyclic) bond motifs is 1. The number of alkyl halides is 2. The molecule has 0 radical (unpaired) electrons. The van der Waals surface area contributed by atoms with Crippen LogP contribution in [0.5, 0.6) is 0 Å². The molecular weight excluding hydrogens is 366 g/mol. The van der Waals surface area contributed by atoms with Gasteiger partial charge in [-0.3, -0.25) is 18.9 Å². The van der Waals surface area contributed by atoms with Crippen LogP contribution in [-0.4, -0.2) is 63.4 Å². The lowest BCUT2D eigenvalue weighted by molar-refractivity contribution is 0.125. The van der Waals surface area contributed by atoms with Gasteiger partial charge in [0.25, 0.3) is 12.0 Å². The van der Waals surface area contributed by atoms with E-state index >= 15 is 0 Å². The predicted molar refractivity (Wildman–Crippen MR) is 103 cm³/mol. The highest BCUT2D eigenvalue weighted by molar-refractivity contribution is 5.81. The van der Waals surface area contributed by atoms with Gasteiger partial charge in [0.05, 0.1) is 30.3 Å². The van der Waals surface area contributed by atoms with Crippen molar-refractivity contribution in [1.82, 2.24) is 24.2 Å². The fourth-order valence-corrected chi connectivity index (χ4v) is 3.53. The summed E-state index contributed by atoms with van der Waals surface area (Å²) >= 11 is 0. The molecule has 0 amide bonds. The first-order valence-corrected chi connectivity index (χ1v) is 9.32. The highest BCUT2D eigenvalue weighted by Gasteiger charge is 2.18. The van der Waals surface area contributed by atoms with E-state index < -0.39 is 18.5 Å². The molecule has 7 nitrogen and oxygen atoms in total. The Morgan fingerprint density at radius 2 is 1.93 bits per heavy atom. The molecule has 3 heterocycles. The molecule has 9 heteroatoms. The lowest BCUT2D eigenvalue weighted by atomic mass is 10.2. The van der Waals surface area contributed by atoms with Gasteiger partial charge in [-0.2, -0.15) is 5.10 Å². The van der Waals surface area contributed by atoms with E-state index in [1.807, 2.05) is 29.1 Å². The van der Waals surface area contributed by atoms with Crippen LogP contribution in [-0.2, 0) is 13.1 Å². The third kappa shape index (κ3) is 4.04. The molecule has 3 aromatic rings. The summed E-state index contributed by atoms with van der Waals surface area (Å²) in [6.45, 7) is 4.85. The minimum atomic E-state index is -2.58. The summed E-state index contributed by atoms with van der Waals surface area (Å²) in [5, 5.41) is 4.59. The molecule has 0 aliphatic carbocycles. The molecule has 148 valence electrons. The third-order valence-corrected chi connectivity index (χ3v) is 5.09. The number of benzene rings is 1. The summed E-state index contributed by atoms with van der Waals surface area (Å²) in [6.07, 6.45) is 2.37. The van der Waals surface area contributed by atoms with Crippen molar-refractivity contribution in [2.75, 3.05) is 37.6 Å². The summed E-state index contributed by atoms with van der Waals surface area (Å²) in [7, 11) is 0. The second-order valence-corrected chi connectivity index (χ2v) is 6.89. The van der Waals surface area contributed by atoms with Gasteiger partial charge in [-0.15, -0.1) is 0 Å². The Hall–Kier alpha value is -2.81. The quantitative estimate of drug-likeness (QED) is 0.643. The van der Waals surface area contributed by atoms with Gasteiger partial charge in [-0.25, -0.2) is 13.8 Å². The maximum absolute atomic E-state index is 12.6. The van der Waals surface area contributed by atoms with Gasteiger partial charge >= 0.3 is 0 Å². The lowest BCUT2D eigenvalue weighted by Crippen LogP contribution is -2.47. The van der Waals surface area contributed by atoms with Gasteiger partial charge in [-0.1, -0.05) is 0 Å². The molecule has 1 aliphatic rings. The minimum Gasteiger partial charge on any atom is -0.369 e. The van der Waals surface area contributed by atoms with Crippen molar-refractivity contribution in [1.29, 1.82) is 0 Å². The van der Waals surface area contributed by atoms with Crippen molar-refractivity contribution in [3.05, 3.63) is 53.3 Å². The van der Waals surface area contributed by atoms with Crippen LogP contribution in [0.4, 0.5) is 14.5 Å². The third-order valence-electron chi connectivity index (χ3n) is 5.09. The van der Waals surface area contributed by atoms with E-state index in [4.69, 9.17) is 0 Å². The average molecular weight is 388 g/mol. The summed E-state index contributed by atoms with van der Waals surface area (Å²) in [4.78, 5) is 21.2. The zero-order chi connectivity index (χ0) is 19.5. The van der Waals surface area contributed by atoms with Crippen LogP contribution in [0.2, 0.25) is 0 Å². The van der Waals surface area contributed by atoms with Gasteiger partial charge in [0.1, 0.15) is 0 Å². The van der Waals surface area contributed by atoms with Crippen LogP contribution in [0.1, 0.15) is 0 Å². The molecular formula is C19H22F2N6O. The van der Waals surface area contributed by atoms with Crippen LogP contribution in [0, 0.1) is 0 Å². The van der Waals surface area contributed by atoms with E-state index in [1.54, 1.807) is 12.3 Å². The molecule has 4 rings (SSSR count). The molecule has 2 aromatic heterocycles. The van der Waals surface area contributed by atoms with E-state index in [1.165, 1.54) is 6.33 Å². The van der Waals surface area contributed by atoms with Crippen LogP contribution >= 0.6 is 0 Å². The second kappa shape index (κ2) is 8.05. The van der Waals surface area contributed by atoms with E-state index in [2.05, 4.69) is 19.9 Å². The van der Waals surface area contributed by atoms with Gasteiger partial charge in [0.15, 0.2) is 0 Å². The highest BCUT2D eigenvalue weighted by Crippen LogP contribution is 2.20. The summed E-state index contributed by atoms with van der Waals surface area (Å²) < 4.78 is 28.0. The molecule has 0 atom stereocenters. The van der Waals surface area contributed by atoms with Gasteiger partial charge < -0.3 is 4.90 Å². The Labute approximate surface area is 160 Å². The molecule has 1 fully saturated rings. The Morgan fingerprint density at radius 3 is 2.64 bits per heavy atom. The van der Waals surface area contributed by atoms with Crippen molar-refractivity contribution in [3.63, 3.8) is 0 Å². The molecule has 0 unspecified atom stereocenters. The number of rotatable bonds is 6. The predicted octanol–water partition coefficient (Wildman–Crippen LogP) is 1.68.